The van der Waals surface area contributed by atoms with Crippen LogP contribution in [0.1, 0.15) is 5.56 Å². The molecule has 0 radical (unpaired) electrons. The van der Waals surface area contributed by atoms with Crippen molar-refractivity contribution in [2.75, 3.05) is 0 Å². The number of hydrogen-bond donors (Lipinski definition) is 0. The zero-order valence-electron chi connectivity index (χ0n) is 9.27. The molecule has 2 aromatic carbocycles. The molecule has 17 heavy (non-hydrogen) atoms. The van der Waals surface area contributed by atoms with Crippen molar-refractivity contribution in [3.63, 3.8) is 0 Å². The van der Waals surface area contributed by atoms with Crippen molar-refractivity contribution in [3.05, 3.63) is 52.5 Å². The molecule has 0 unspecified atom stereocenters. The Morgan fingerprint density at radius 2 is 2.06 bits per heavy atom. The van der Waals surface area contributed by atoms with Crippen molar-refractivity contribution in [3.8, 4) is 11.1 Å². The molecule has 84 valence electrons. The molecule has 3 aromatic rings. The average molecular weight is 260 g/mol. The Bertz CT molecular complexity index is 667. The van der Waals surface area contributed by atoms with Gasteiger partial charge < -0.3 is 0 Å². The van der Waals surface area contributed by atoms with Gasteiger partial charge in [0, 0.05) is 10.6 Å². The van der Waals surface area contributed by atoms with Crippen molar-refractivity contribution < 1.29 is 0 Å². The summed E-state index contributed by atoms with van der Waals surface area (Å²) in [7, 11) is 0. The topological polar surface area (TPSA) is 12.9 Å². The Kier molecular flexibility index (Phi) is 2.61. The van der Waals surface area contributed by atoms with E-state index in [1.165, 1.54) is 10.3 Å². The number of nitrogens with zero attached hydrogens (tertiary/aromatic N) is 1. The molecular weight excluding hydrogens is 250 g/mol. The maximum Gasteiger partial charge on any atom is 0.0890 e. The maximum absolute atomic E-state index is 6.11. The molecule has 1 aromatic heterocycles. The summed E-state index contributed by atoms with van der Waals surface area (Å²) in [4.78, 5) is 4.43. The van der Waals surface area contributed by atoms with Gasteiger partial charge in [0.2, 0.25) is 0 Å². The van der Waals surface area contributed by atoms with Gasteiger partial charge in [0.1, 0.15) is 0 Å². The molecule has 0 N–H and O–H groups in total. The molecule has 0 bridgehead atoms. The fraction of sp³-hybridized carbons (Fsp3) is 0.0714. The third-order valence-electron chi connectivity index (χ3n) is 2.71. The molecule has 0 saturated carbocycles. The van der Waals surface area contributed by atoms with E-state index in [1.54, 1.807) is 11.3 Å². The van der Waals surface area contributed by atoms with Crippen LogP contribution in [0.4, 0.5) is 0 Å². The van der Waals surface area contributed by atoms with E-state index in [0.29, 0.717) is 0 Å². The number of halogens is 1. The second-order valence-electron chi connectivity index (χ2n) is 4.02. The highest BCUT2D eigenvalue weighted by Crippen LogP contribution is 2.31. The number of hydrogen-bond acceptors (Lipinski definition) is 2. The molecule has 0 aliphatic carbocycles. The van der Waals surface area contributed by atoms with E-state index in [0.717, 1.165) is 21.7 Å². The number of aryl methyl sites for hydroxylation is 1. The summed E-state index contributed by atoms with van der Waals surface area (Å²) >= 11 is 7.77. The highest BCUT2D eigenvalue weighted by Gasteiger charge is 2.06. The summed E-state index contributed by atoms with van der Waals surface area (Å²) in [5, 5.41) is 0.771. The molecule has 1 heterocycles. The Hall–Kier alpha value is -1.38. The number of benzene rings is 2. The first-order valence-electron chi connectivity index (χ1n) is 5.34. The van der Waals surface area contributed by atoms with E-state index in [2.05, 4.69) is 36.2 Å². The zero-order valence-corrected chi connectivity index (χ0v) is 10.8. The predicted molar refractivity (Wildman–Crippen MR) is 74.8 cm³/mol. The maximum atomic E-state index is 6.11. The molecule has 3 heteroatoms. The molecule has 0 aliphatic rings. The summed E-state index contributed by atoms with van der Waals surface area (Å²) < 4.78 is 1.21. The zero-order chi connectivity index (χ0) is 11.8. The van der Waals surface area contributed by atoms with Crippen LogP contribution in [0, 0.1) is 6.92 Å². The minimum absolute atomic E-state index is 0.771. The second kappa shape index (κ2) is 4.13. The molecule has 0 aliphatic heterocycles. The number of thiazole rings is 1. The fourth-order valence-electron chi connectivity index (χ4n) is 2.01. The van der Waals surface area contributed by atoms with Gasteiger partial charge in [-0.25, -0.2) is 4.98 Å². The first-order chi connectivity index (χ1) is 8.24. The van der Waals surface area contributed by atoms with Gasteiger partial charge in [-0.2, -0.15) is 0 Å². The van der Waals surface area contributed by atoms with Crippen LogP contribution >= 0.6 is 22.9 Å². The monoisotopic (exact) mass is 259 g/mol. The normalized spacial score (nSPS) is 10.9. The summed E-state index contributed by atoms with van der Waals surface area (Å²) in [6, 6.07) is 12.3. The van der Waals surface area contributed by atoms with Gasteiger partial charge in [-0.1, -0.05) is 29.8 Å². The van der Waals surface area contributed by atoms with E-state index in [4.69, 9.17) is 11.6 Å². The van der Waals surface area contributed by atoms with Crippen LogP contribution in [-0.2, 0) is 0 Å². The largest absolute Gasteiger partial charge is 0.244 e. The standard InChI is InChI=1S/C14H10ClNS/c1-9-5-10(7-11(15)6-9)12-3-2-4-13-14(12)16-8-17-13/h2-8H,1H3. The van der Waals surface area contributed by atoms with Crippen LogP contribution in [0.2, 0.25) is 5.02 Å². The van der Waals surface area contributed by atoms with Gasteiger partial charge in [0.15, 0.2) is 0 Å². The van der Waals surface area contributed by atoms with Crippen molar-refractivity contribution in [2.24, 2.45) is 0 Å². The van der Waals surface area contributed by atoms with Gasteiger partial charge >= 0.3 is 0 Å². The molecular formula is C14H10ClNS. The molecule has 3 rings (SSSR count). The van der Waals surface area contributed by atoms with Gasteiger partial charge in [-0.15, -0.1) is 11.3 Å². The Labute approximate surface area is 109 Å². The van der Waals surface area contributed by atoms with Gasteiger partial charge in [0.05, 0.1) is 15.7 Å². The first kappa shape index (κ1) is 10.8. The number of fused-ring (bicyclic) bond motifs is 1. The molecule has 0 fully saturated rings. The minimum atomic E-state index is 0.771. The average Bonchev–Trinajstić information content (AvgIpc) is 2.75. The lowest BCUT2D eigenvalue weighted by Gasteiger charge is -2.05. The van der Waals surface area contributed by atoms with E-state index < -0.39 is 0 Å². The van der Waals surface area contributed by atoms with Crippen LogP contribution in [0.3, 0.4) is 0 Å². The lowest BCUT2D eigenvalue weighted by atomic mass is 10.0. The molecule has 0 amide bonds. The number of aromatic nitrogens is 1. The van der Waals surface area contributed by atoms with Crippen LogP contribution in [0.5, 0.6) is 0 Å². The smallest absolute Gasteiger partial charge is 0.0890 e. The van der Waals surface area contributed by atoms with Crippen LogP contribution < -0.4 is 0 Å². The summed E-state index contributed by atoms with van der Waals surface area (Å²) in [5.74, 6) is 0. The van der Waals surface area contributed by atoms with E-state index in [9.17, 15) is 0 Å². The Balaban J connectivity index is 2.30. The lowest BCUT2D eigenvalue weighted by Crippen LogP contribution is -1.82. The van der Waals surface area contributed by atoms with E-state index in [-0.39, 0.29) is 0 Å². The van der Waals surface area contributed by atoms with Gasteiger partial charge in [-0.05, 0) is 36.2 Å². The first-order valence-corrected chi connectivity index (χ1v) is 6.59. The van der Waals surface area contributed by atoms with Crippen LogP contribution in [0.15, 0.2) is 41.9 Å². The minimum Gasteiger partial charge on any atom is -0.244 e. The summed E-state index contributed by atoms with van der Waals surface area (Å²) in [5.41, 5.74) is 6.38. The highest BCUT2D eigenvalue weighted by atomic mass is 35.5. The fourth-order valence-corrected chi connectivity index (χ4v) is 3.00. The lowest BCUT2D eigenvalue weighted by molar-refractivity contribution is 1.45. The molecule has 1 nitrogen and oxygen atoms in total. The summed E-state index contributed by atoms with van der Waals surface area (Å²) in [6.45, 7) is 2.05. The second-order valence-corrected chi connectivity index (χ2v) is 5.34. The molecule has 0 saturated heterocycles. The van der Waals surface area contributed by atoms with Crippen molar-refractivity contribution in [1.82, 2.24) is 4.98 Å². The SMILES string of the molecule is Cc1cc(Cl)cc(-c2cccc3scnc23)c1. The van der Waals surface area contributed by atoms with Crippen molar-refractivity contribution >= 4 is 33.2 Å². The third-order valence-corrected chi connectivity index (χ3v) is 3.73. The Morgan fingerprint density at radius 3 is 2.88 bits per heavy atom. The highest BCUT2D eigenvalue weighted by molar-refractivity contribution is 7.16. The third kappa shape index (κ3) is 1.94. The summed E-state index contributed by atoms with van der Waals surface area (Å²) in [6.07, 6.45) is 0. The molecule has 0 atom stereocenters. The van der Waals surface area contributed by atoms with Crippen LogP contribution in [-0.4, -0.2) is 4.98 Å². The number of para-hydroxylation sites is 1. The Morgan fingerprint density at radius 1 is 1.18 bits per heavy atom. The van der Waals surface area contributed by atoms with Crippen LogP contribution in [0.25, 0.3) is 21.3 Å². The van der Waals surface area contributed by atoms with Gasteiger partial charge in [-0.3, -0.25) is 0 Å². The quantitative estimate of drug-likeness (QED) is 0.604. The van der Waals surface area contributed by atoms with Gasteiger partial charge in [0.25, 0.3) is 0 Å². The van der Waals surface area contributed by atoms with Crippen molar-refractivity contribution in [1.29, 1.82) is 0 Å². The number of rotatable bonds is 1. The van der Waals surface area contributed by atoms with E-state index >= 15 is 0 Å². The predicted octanol–water partition coefficient (Wildman–Crippen LogP) is 4.93. The van der Waals surface area contributed by atoms with Crippen molar-refractivity contribution in [2.45, 2.75) is 6.92 Å². The van der Waals surface area contributed by atoms with E-state index in [1.807, 2.05) is 17.6 Å². The molecule has 0 spiro atoms.